The molecule has 0 fully saturated rings. The van der Waals surface area contributed by atoms with E-state index in [0.29, 0.717) is 25.3 Å². The monoisotopic (exact) mass is 342 g/mol. The summed E-state index contributed by atoms with van der Waals surface area (Å²) in [7, 11) is 0. The van der Waals surface area contributed by atoms with Crippen LogP contribution in [0.15, 0.2) is 29.2 Å². The number of aliphatic hydroxyl groups is 1. The van der Waals surface area contributed by atoms with Crippen molar-refractivity contribution in [3.05, 3.63) is 46.1 Å². The van der Waals surface area contributed by atoms with Gasteiger partial charge in [-0.2, -0.15) is 4.98 Å². The molecule has 4 rings (SSSR count). The predicted octanol–water partition coefficient (Wildman–Crippen LogP) is -0.235. The van der Waals surface area contributed by atoms with Gasteiger partial charge in [0.25, 0.3) is 0 Å². The lowest BCUT2D eigenvalue weighted by Gasteiger charge is -2.20. The summed E-state index contributed by atoms with van der Waals surface area (Å²) in [5.41, 5.74) is 7.75. The minimum absolute atomic E-state index is 0.0250. The molecule has 0 bridgehead atoms. The van der Waals surface area contributed by atoms with E-state index < -0.39 is 5.69 Å². The third-order valence-electron chi connectivity index (χ3n) is 4.25. The lowest BCUT2D eigenvalue weighted by Crippen LogP contribution is -2.27. The molecule has 0 saturated carbocycles. The molecule has 1 aliphatic rings. The maximum Gasteiger partial charge on any atom is 0.349 e. The van der Waals surface area contributed by atoms with Crippen LogP contribution in [-0.2, 0) is 6.54 Å². The Morgan fingerprint density at radius 3 is 3.20 bits per heavy atom. The van der Waals surface area contributed by atoms with Crippen molar-refractivity contribution in [2.24, 2.45) is 0 Å². The van der Waals surface area contributed by atoms with Gasteiger partial charge in [-0.1, -0.05) is 0 Å². The van der Waals surface area contributed by atoms with Gasteiger partial charge in [-0.05, 0) is 18.2 Å². The van der Waals surface area contributed by atoms with E-state index in [2.05, 4.69) is 20.3 Å². The number of aromatic nitrogens is 4. The third-order valence-corrected chi connectivity index (χ3v) is 4.25. The Kier molecular flexibility index (Phi) is 3.86. The number of nitrogens with two attached hydrogens (primary N) is 1. The zero-order valence-electron chi connectivity index (χ0n) is 13.4. The molecule has 0 spiro atoms. The number of aromatic amines is 1. The minimum atomic E-state index is -0.547. The summed E-state index contributed by atoms with van der Waals surface area (Å²) in [6, 6.07) is 5.47. The largest absolute Gasteiger partial charge is 0.476 e. The second kappa shape index (κ2) is 6.19. The molecule has 0 aliphatic carbocycles. The molecular formula is C16H18N6O3. The Morgan fingerprint density at radius 1 is 1.48 bits per heavy atom. The molecule has 0 amide bonds. The van der Waals surface area contributed by atoms with Crippen LogP contribution in [0.25, 0.3) is 11.0 Å². The average Bonchev–Trinajstić information content (AvgIpc) is 2.80. The van der Waals surface area contributed by atoms with Crippen molar-refractivity contribution >= 4 is 16.9 Å². The van der Waals surface area contributed by atoms with Gasteiger partial charge in [-0.15, -0.1) is 0 Å². The molecule has 3 aromatic rings. The van der Waals surface area contributed by atoms with Gasteiger partial charge in [0.1, 0.15) is 18.1 Å². The number of pyridine rings is 1. The fourth-order valence-corrected chi connectivity index (χ4v) is 3.25. The third kappa shape index (κ3) is 2.63. The number of nitrogens with zero attached hydrogens (tertiary/aromatic N) is 3. The van der Waals surface area contributed by atoms with Crippen molar-refractivity contribution in [2.45, 2.75) is 12.6 Å². The molecule has 4 heterocycles. The van der Waals surface area contributed by atoms with E-state index in [0.717, 1.165) is 16.7 Å². The topological polar surface area (TPSA) is 131 Å². The summed E-state index contributed by atoms with van der Waals surface area (Å²) in [6.45, 7) is 1.30. The average molecular weight is 342 g/mol. The van der Waals surface area contributed by atoms with Crippen molar-refractivity contribution in [2.75, 3.05) is 25.5 Å². The van der Waals surface area contributed by atoms with Crippen LogP contribution in [-0.4, -0.2) is 44.4 Å². The molecular weight excluding hydrogens is 324 g/mol. The second-order valence-electron chi connectivity index (χ2n) is 5.77. The Labute approximate surface area is 142 Å². The number of ether oxygens (including phenoxy) is 1. The lowest BCUT2D eigenvalue weighted by molar-refractivity contribution is 0.275. The fourth-order valence-electron chi connectivity index (χ4n) is 3.25. The maximum atomic E-state index is 11.6. The van der Waals surface area contributed by atoms with Crippen molar-refractivity contribution in [1.29, 1.82) is 0 Å². The second-order valence-corrected chi connectivity index (χ2v) is 5.77. The summed E-state index contributed by atoms with van der Waals surface area (Å²) in [4.78, 5) is 22.5. The SMILES string of the molecule is Nc1[nH]c(=O)nc2c1C(c1cc3cccnc3n1CCO)NCCO2. The summed E-state index contributed by atoms with van der Waals surface area (Å²) < 4.78 is 7.53. The number of H-pyrrole nitrogens is 1. The Hall–Kier alpha value is -2.91. The lowest BCUT2D eigenvalue weighted by atomic mass is 10.1. The van der Waals surface area contributed by atoms with Crippen molar-refractivity contribution in [1.82, 2.24) is 24.8 Å². The van der Waals surface area contributed by atoms with Crippen LogP contribution in [0.5, 0.6) is 5.88 Å². The smallest absolute Gasteiger partial charge is 0.349 e. The number of nitrogens with one attached hydrogen (secondary N) is 2. The number of aliphatic hydroxyl groups excluding tert-OH is 1. The quantitative estimate of drug-likeness (QED) is 0.517. The van der Waals surface area contributed by atoms with Gasteiger partial charge in [0.15, 0.2) is 0 Å². The van der Waals surface area contributed by atoms with E-state index in [9.17, 15) is 9.90 Å². The first-order valence-electron chi connectivity index (χ1n) is 8.00. The van der Waals surface area contributed by atoms with Crippen molar-refractivity contribution in [3.63, 3.8) is 0 Å². The van der Waals surface area contributed by atoms with Crippen LogP contribution in [0, 0.1) is 0 Å². The predicted molar refractivity (Wildman–Crippen MR) is 91.4 cm³/mol. The highest BCUT2D eigenvalue weighted by Crippen LogP contribution is 2.35. The summed E-state index contributed by atoms with van der Waals surface area (Å²) in [5.74, 6) is 0.438. The number of hydrogen-bond acceptors (Lipinski definition) is 7. The van der Waals surface area contributed by atoms with Crippen LogP contribution in [0.3, 0.4) is 0 Å². The molecule has 0 aromatic carbocycles. The highest BCUT2D eigenvalue weighted by atomic mass is 16.5. The van der Waals surface area contributed by atoms with E-state index in [1.807, 2.05) is 22.8 Å². The van der Waals surface area contributed by atoms with Crippen molar-refractivity contribution in [3.8, 4) is 5.88 Å². The molecule has 25 heavy (non-hydrogen) atoms. The molecule has 1 aliphatic heterocycles. The first-order valence-corrected chi connectivity index (χ1v) is 8.00. The maximum absolute atomic E-state index is 11.6. The van der Waals surface area contributed by atoms with Crippen LogP contribution in [0.1, 0.15) is 17.3 Å². The Bertz CT molecular complexity index is 980. The summed E-state index contributed by atoms with van der Waals surface area (Å²) in [5, 5.41) is 13.8. The van der Waals surface area contributed by atoms with Gasteiger partial charge in [0.05, 0.1) is 18.2 Å². The van der Waals surface area contributed by atoms with Gasteiger partial charge in [-0.3, -0.25) is 4.98 Å². The molecule has 130 valence electrons. The van der Waals surface area contributed by atoms with E-state index in [4.69, 9.17) is 10.5 Å². The normalized spacial score (nSPS) is 17.1. The molecule has 3 aromatic heterocycles. The van der Waals surface area contributed by atoms with E-state index in [-0.39, 0.29) is 24.3 Å². The number of nitrogen functional groups attached to an aromatic ring is 1. The van der Waals surface area contributed by atoms with E-state index >= 15 is 0 Å². The number of fused-ring (bicyclic) bond motifs is 2. The zero-order valence-corrected chi connectivity index (χ0v) is 13.4. The first-order chi connectivity index (χ1) is 12.2. The summed E-state index contributed by atoms with van der Waals surface area (Å²) >= 11 is 0. The van der Waals surface area contributed by atoms with Gasteiger partial charge in [0.2, 0.25) is 5.88 Å². The highest BCUT2D eigenvalue weighted by molar-refractivity contribution is 5.78. The van der Waals surface area contributed by atoms with Crippen LogP contribution < -0.4 is 21.5 Å². The highest BCUT2D eigenvalue weighted by Gasteiger charge is 2.29. The zero-order chi connectivity index (χ0) is 17.4. The molecule has 1 unspecified atom stereocenters. The number of hydrogen-bond donors (Lipinski definition) is 4. The van der Waals surface area contributed by atoms with Crippen LogP contribution in [0.2, 0.25) is 0 Å². The van der Waals surface area contributed by atoms with Crippen molar-refractivity contribution < 1.29 is 9.84 Å². The summed E-state index contributed by atoms with van der Waals surface area (Å²) in [6.07, 6.45) is 1.71. The van der Waals surface area contributed by atoms with Gasteiger partial charge in [0, 0.05) is 30.4 Å². The molecule has 9 heteroatoms. The van der Waals surface area contributed by atoms with Gasteiger partial charge >= 0.3 is 5.69 Å². The molecule has 0 saturated heterocycles. The van der Waals surface area contributed by atoms with E-state index in [1.54, 1.807) is 6.20 Å². The molecule has 5 N–H and O–H groups in total. The fraction of sp³-hybridized carbons (Fsp3) is 0.312. The van der Waals surface area contributed by atoms with Gasteiger partial charge < -0.3 is 25.5 Å². The van der Waals surface area contributed by atoms with Crippen LogP contribution in [0.4, 0.5) is 5.82 Å². The molecule has 0 radical (unpaired) electrons. The van der Waals surface area contributed by atoms with E-state index in [1.165, 1.54) is 0 Å². The Morgan fingerprint density at radius 2 is 2.36 bits per heavy atom. The first kappa shape index (κ1) is 15.6. The number of anilines is 1. The molecule has 9 nitrogen and oxygen atoms in total. The Balaban J connectivity index is 1.95. The standard InChI is InChI=1S/C16H18N6O3/c17-13-11-12(18-4-7-25-15(11)21-16(24)20-13)10-8-9-2-1-3-19-14(9)22(10)5-6-23/h1-3,8,12,18,23H,4-7H2,(H3,17,20,21,24). The molecule has 1 atom stereocenters. The van der Waals surface area contributed by atoms with Gasteiger partial charge in [-0.25, -0.2) is 9.78 Å². The van der Waals surface area contributed by atoms with Crippen LogP contribution >= 0.6 is 0 Å². The minimum Gasteiger partial charge on any atom is -0.476 e. The number of rotatable bonds is 3.